The van der Waals surface area contributed by atoms with Gasteiger partial charge in [0.2, 0.25) is 0 Å². The number of hydrogen-bond acceptors (Lipinski definition) is 4. The number of Topliss-reactive ketones (excluding diaryl/α,β-unsaturated/α-hetero) is 1. The van der Waals surface area contributed by atoms with Gasteiger partial charge in [-0.2, -0.15) is 0 Å². The number of rotatable bonds is 5. The summed E-state index contributed by atoms with van der Waals surface area (Å²) in [4.78, 5) is 24.9. The molecule has 3 rings (SSSR count). The van der Waals surface area contributed by atoms with Gasteiger partial charge in [-0.25, -0.2) is 4.68 Å². The summed E-state index contributed by atoms with van der Waals surface area (Å²) < 4.78 is 1.16. The van der Waals surface area contributed by atoms with Crippen molar-refractivity contribution in [3.63, 3.8) is 0 Å². The molecule has 2 aromatic carbocycles. The highest BCUT2D eigenvalue weighted by Gasteiger charge is 2.14. The third-order valence-corrected chi connectivity index (χ3v) is 4.46. The van der Waals surface area contributed by atoms with Crippen molar-refractivity contribution in [2.24, 2.45) is 0 Å². The van der Waals surface area contributed by atoms with Gasteiger partial charge in [0.25, 0.3) is 5.56 Å². The predicted octanol–water partition coefficient (Wildman–Crippen LogP) is 3.17. The van der Waals surface area contributed by atoms with Crippen molar-refractivity contribution in [2.75, 3.05) is 0 Å². The average Bonchev–Trinajstić information content (AvgIpc) is 2.58. The van der Waals surface area contributed by atoms with E-state index in [1.54, 1.807) is 6.07 Å². The van der Waals surface area contributed by atoms with Crippen LogP contribution in [0.3, 0.4) is 0 Å². The van der Waals surface area contributed by atoms with Crippen molar-refractivity contribution in [2.45, 2.75) is 39.7 Å². The largest absolute Gasteiger partial charge is 0.298 e. The van der Waals surface area contributed by atoms with Crippen LogP contribution in [-0.4, -0.2) is 20.8 Å². The Morgan fingerprint density at radius 3 is 2.56 bits per heavy atom. The van der Waals surface area contributed by atoms with Crippen molar-refractivity contribution in [3.8, 4) is 0 Å². The summed E-state index contributed by atoms with van der Waals surface area (Å²) in [6.07, 6.45) is 0.364. The van der Waals surface area contributed by atoms with Crippen LogP contribution in [0.2, 0.25) is 0 Å². The maximum absolute atomic E-state index is 12.5. The van der Waals surface area contributed by atoms with Gasteiger partial charge in [-0.1, -0.05) is 54.1 Å². The van der Waals surface area contributed by atoms with E-state index in [0.29, 0.717) is 17.3 Å². The molecule has 5 heteroatoms. The van der Waals surface area contributed by atoms with Crippen LogP contribution in [0, 0.1) is 13.8 Å². The molecule has 0 aliphatic heterocycles. The molecule has 0 radical (unpaired) electrons. The van der Waals surface area contributed by atoms with Crippen LogP contribution in [0.15, 0.2) is 47.3 Å². The summed E-state index contributed by atoms with van der Waals surface area (Å²) in [7, 11) is 0. The zero-order valence-corrected chi connectivity index (χ0v) is 14.7. The summed E-state index contributed by atoms with van der Waals surface area (Å²) in [5.41, 5.74) is 3.52. The van der Waals surface area contributed by atoms with Crippen LogP contribution in [0.5, 0.6) is 0 Å². The number of aryl methyl sites for hydroxylation is 2. The fraction of sp³-hybridized carbons (Fsp3) is 0.300. The fourth-order valence-electron chi connectivity index (χ4n) is 2.93. The van der Waals surface area contributed by atoms with Crippen LogP contribution >= 0.6 is 0 Å². The monoisotopic (exact) mass is 335 g/mol. The fourth-order valence-corrected chi connectivity index (χ4v) is 2.93. The first-order chi connectivity index (χ1) is 12.0. The molecule has 0 amide bonds. The summed E-state index contributed by atoms with van der Waals surface area (Å²) in [6, 6.07) is 13.6. The lowest BCUT2D eigenvalue weighted by Gasteiger charge is -2.12. The number of hydrogen-bond donors (Lipinski definition) is 0. The highest BCUT2D eigenvalue weighted by atomic mass is 16.1. The minimum Gasteiger partial charge on any atom is -0.298 e. The Kier molecular flexibility index (Phi) is 4.74. The Morgan fingerprint density at radius 1 is 1.12 bits per heavy atom. The summed E-state index contributed by atoms with van der Waals surface area (Å²) >= 11 is 0. The minimum atomic E-state index is -0.273. The zero-order valence-electron chi connectivity index (χ0n) is 14.7. The molecule has 128 valence electrons. The first-order valence-electron chi connectivity index (χ1n) is 8.37. The van der Waals surface area contributed by atoms with Gasteiger partial charge in [0, 0.05) is 6.42 Å². The lowest BCUT2D eigenvalue weighted by atomic mass is 9.95. The molecule has 1 heterocycles. The third kappa shape index (κ3) is 3.65. The number of fused-ring (bicyclic) bond motifs is 1. The number of ketones is 1. The Labute approximate surface area is 146 Å². The highest BCUT2D eigenvalue weighted by Crippen LogP contribution is 2.20. The van der Waals surface area contributed by atoms with E-state index in [9.17, 15) is 9.59 Å². The van der Waals surface area contributed by atoms with Gasteiger partial charge in [-0.05, 0) is 37.0 Å². The van der Waals surface area contributed by atoms with Crippen LogP contribution in [-0.2, 0) is 11.3 Å². The molecule has 1 aromatic heterocycles. The van der Waals surface area contributed by atoms with Gasteiger partial charge in [0.1, 0.15) is 12.1 Å². The summed E-state index contributed by atoms with van der Waals surface area (Å²) in [5.74, 6) is 0.0657. The minimum absolute atomic E-state index is 0.0310. The molecule has 0 N–H and O–H groups in total. The number of carbonyl (C=O) groups excluding carboxylic acids is 1. The van der Waals surface area contributed by atoms with E-state index in [1.165, 1.54) is 5.56 Å². The molecule has 25 heavy (non-hydrogen) atoms. The summed E-state index contributed by atoms with van der Waals surface area (Å²) in [6.45, 7) is 5.88. The van der Waals surface area contributed by atoms with Crippen molar-refractivity contribution < 1.29 is 4.79 Å². The topological polar surface area (TPSA) is 64.8 Å². The second-order valence-corrected chi connectivity index (χ2v) is 6.58. The lowest BCUT2D eigenvalue weighted by molar-refractivity contribution is -0.120. The molecule has 3 aromatic rings. The smallest absolute Gasteiger partial charge is 0.278 e. The van der Waals surface area contributed by atoms with Gasteiger partial charge >= 0.3 is 0 Å². The zero-order chi connectivity index (χ0) is 18.0. The maximum atomic E-state index is 12.5. The second-order valence-electron chi connectivity index (χ2n) is 6.58. The second kappa shape index (κ2) is 6.97. The lowest BCUT2D eigenvalue weighted by Crippen LogP contribution is -2.28. The Morgan fingerprint density at radius 2 is 1.84 bits per heavy atom. The SMILES string of the molecule is Cc1ccc([C@H](C)CC(=O)Cn2nnc3c(C)cccc3c2=O)cc1. The van der Waals surface area contributed by atoms with Gasteiger partial charge in [-0.15, -0.1) is 5.10 Å². The molecule has 0 spiro atoms. The van der Waals surface area contributed by atoms with E-state index in [4.69, 9.17) is 0 Å². The van der Waals surface area contributed by atoms with Gasteiger partial charge < -0.3 is 0 Å². The van der Waals surface area contributed by atoms with Crippen LogP contribution in [0.25, 0.3) is 10.9 Å². The standard InChI is InChI=1S/C20H21N3O2/c1-13-7-9-16(10-8-13)15(3)11-17(24)12-23-20(25)18-6-4-5-14(2)19(18)21-22-23/h4-10,15H,11-12H2,1-3H3/t15-/m1/s1. The van der Waals surface area contributed by atoms with Crippen LogP contribution < -0.4 is 5.56 Å². The van der Waals surface area contributed by atoms with Gasteiger partial charge in [-0.3, -0.25) is 9.59 Å². The first-order valence-corrected chi connectivity index (χ1v) is 8.37. The van der Waals surface area contributed by atoms with Crippen molar-refractivity contribution >= 4 is 16.7 Å². The van der Waals surface area contributed by atoms with Gasteiger partial charge in [0.05, 0.1) is 5.39 Å². The van der Waals surface area contributed by atoms with Gasteiger partial charge in [0.15, 0.2) is 5.78 Å². The predicted molar refractivity (Wildman–Crippen MR) is 97.8 cm³/mol. The summed E-state index contributed by atoms with van der Waals surface area (Å²) in [5, 5.41) is 8.53. The quantitative estimate of drug-likeness (QED) is 0.718. The van der Waals surface area contributed by atoms with E-state index in [0.717, 1.165) is 15.8 Å². The van der Waals surface area contributed by atoms with E-state index in [2.05, 4.69) is 10.3 Å². The van der Waals surface area contributed by atoms with E-state index < -0.39 is 0 Å². The number of carbonyl (C=O) groups is 1. The molecule has 1 atom stereocenters. The molecule has 5 nitrogen and oxygen atoms in total. The number of aromatic nitrogens is 3. The van der Waals surface area contributed by atoms with Crippen molar-refractivity contribution in [1.29, 1.82) is 0 Å². The van der Waals surface area contributed by atoms with Crippen LogP contribution in [0.4, 0.5) is 0 Å². The molecule has 0 saturated carbocycles. The molecular formula is C20H21N3O2. The molecular weight excluding hydrogens is 314 g/mol. The van der Waals surface area contributed by atoms with Crippen LogP contribution in [0.1, 0.15) is 36.0 Å². The third-order valence-electron chi connectivity index (χ3n) is 4.46. The molecule has 0 bridgehead atoms. The van der Waals surface area contributed by atoms with E-state index in [1.807, 2.05) is 57.2 Å². The number of nitrogens with zero attached hydrogens (tertiary/aromatic N) is 3. The number of benzene rings is 2. The molecule has 0 aliphatic rings. The Balaban J connectivity index is 1.77. The average molecular weight is 335 g/mol. The van der Waals surface area contributed by atoms with Crippen molar-refractivity contribution in [1.82, 2.24) is 15.0 Å². The van der Waals surface area contributed by atoms with E-state index >= 15 is 0 Å². The molecule has 0 aliphatic carbocycles. The first kappa shape index (κ1) is 17.0. The Hall–Kier alpha value is -2.82. The molecule has 0 unspecified atom stereocenters. The van der Waals surface area contributed by atoms with E-state index in [-0.39, 0.29) is 23.8 Å². The molecule has 0 saturated heterocycles. The Bertz CT molecular complexity index is 974. The van der Waals surface area contributed by atoms with Crippen molar-refractivity contribution in [3.05, 3.63) is 69.5 Å². The maximum Gasteiger partial charge on any atom is 0.278 e. The highest BCUT2D eigenvalue weighted by molar-refractivity contribution is 5.81. The molecule has 0 fully saturated rings. The normalized spacial score (nSPS) is 12.3.